The van der Waals surface area contributed by atoms with Crippen molar-refractivity contribution in [2.24, 2.45) is 0 Å². The van der Waals surface area contributed by atoms with Crippen molar-refractivity contribution in [1.82, 2.24) is 0 Å². The standard InChI is InChI=1S/C37H27N/c1-2-9-25(10-3-1)26-12-8-13-31(22-26)38-36-16-7-6-15-33(36)35-24-28(19-20-37(35)38)27-17-18-30-21-29-11-4-5-14-32(29)34(30)23-27/h1-20,22-24,35,37H,21H2. The van der Waals surface area contributed by atoms with Gasteiger partial charge in [-0.25, -0.2) is 0 Å². The average Bonchev–Trinajstić information content (AvgIpc) is 3.53. The zero-order valence-corrected chi connectivity index (χ0v) is 21.1. The van der Waals surface area contributed by atoms with Gasteiger partial charge in [-0.05, 0) is 80.8 Å². The maximum absolute atomic E-state index is 2.52. The molecule has 8 rings (SSSR count). The highest BCUT2D eigenvalue weighted by atomic mass is 15.2. The maximum Gasteiger partial charge on any atom is 0.0630 e. The molecule has 0 saturated heterocycles. The van der Waals surface area contributed by atoms with Gasteiger partial charge in [0, 0.05) is 17.3 Å². The number of hydrogen-bond donors (Lipinski definition) is 0. The molecule has 5 aromatic rings. The van der Waals surface area contributed by atoms with Gasteiger partial charge in [0.2, 0.25) is 0 Å². The Morgan fingerprint density at radius 3 is 2.32 bits per heavy atom. The van der Waals surface area contributed by atoms with E-state index in [4.69, 9.17) is 0 Å². The number of rotatable bonds is 3. The summed E-state index contributed by atoms with van der Waals surface area (Å²) < 4.78 is 0. The second-order valence-corrected chi connectivity index (χ2v) is 10.5. The summed E-state index contributed by atoms with van der Waals surface area (Å²) in [6.07, 6.45) is 8.28. The Bertz CT molecular complexity index is 1760. The molecule has 1 heterocycles. The second-order valence-electron chi connectivity index (χ2n) is 10.5. The number of nitrogens with zero attached hydrogens (tertiary/aromatic N) is 1. The summed E-state index contributed by atoms with van der Waals surface area (Å²) in [5.41, 5.74) is 14.7. The third-order valence-electron chi connectivity index (χ3n) is 8.42. The molecule has 0 amide bonds. The number of para-hydroxylation sites is 1. The fourth-order valence-corrected chi connectivity index (χ4v) is 6.61. The van der Waals surface area contributed by atoms with Gasteiger partial charge in [-0.1, -0.05) is 115 Å². The molecule has 0 radical (unpaired) electrons. The van der Waals surface area contributed by atoms with Gasteiger partial charge in [0.1, 0.15) is 0 Å². The lowest BCUT2D eigenvalue weighted by Gasteiger charge is -2.30. The van der Waals surface area contributed by atoms with Crippen LogP contribution in [0.5, 0.6) is 0 Å². The SMILES string of the molecule is C1=CC2C(C=C1c1ccc3c(c1)-c1ccccc1C3)c1ccccc1N2c1cccc(-c2ccccc2)c1. The van der Waals surface area contributed by atoms with Gasteiger partial charge in [0.05, 0.1) is 6.04 Å². The van der Waals surface area contributed by atoms with Gasteiger partial charge in [0.25, 0.3) is 0 Å². The van der Waals surface area contributed by atoms with E-state index in [0.717, 1.165) is 6.42 Å². The minimum Gasteiger partial charge on any atom is -0.333 e. The average molecular weight is 486 g/mol. The summed E-state index contributed by atoms with van der Waals surface area (Å²) in [5, 5.41) is 0. The zero-order chi connectivity index (χ0) is 25.1. The highest BCUT2D eigenvalue weighted by molar-refractivity contribution is 5.86. The van der Waals surface area contributed by atoms with E-state index in [9.17, 15) is 0 Å². The van der Waals surface area contributed by atoms with Crippen molar-refractivity contribution < 1.29 is 0 Å². The largest absolute Gasteiger partial charge is 0.333 e. The minimum absolute atomic E-state index is 0.261. The minimum atomic E-state index is 0.261. The Hall–Kier alpha value is -4.62. The summed E-state index contributed by atoms with van der Waals surface area (Å²) >= 11 is 0. The first-order valence-corrected chi connectivity index (χ1v) is 13.5. The van der Waals surface area contributed by atoms with Crippen LogP contribution in [-0.2, 0) is 6.42 Å². The molecule has 0 saturated carbocycles. The topological polar surface area (TPSA) is 3.24 Å². The van der Waals surface area contributed by atoms with E-state index in [1.54, 1.807) is 0 Å². The van der Waals surface area contributed by atoms with Crippen molar-refractivity contribution in [1.29, 1.82) is 0 Å². The third-order valence-corrected chi connectivity index (χ3v) is 8.42. The zero-order valence-electron chi connectivity index (χ0n) is 21.1. The molecule has 2 aliphatic carbocycles. The molecule has 1 nitrogen and oxygen atoms in total. The van der Waals surface area contributed by atoms with Crippen LogP contribution in [0.2, 0.25) is 0 Å². The first-order chi connectivity index (χ1) is 18.8. The van der Waals surface area contributed by atoms with E-state index in [1.165, 1.54) is 61.5 Å². The molecular weight excluding hydrogens is 458 g/mol. The van der Waals surface area contributed by atoms with Gasteiger partial charge in [-0.15, -0.1) is 0 Å². The van der Waals surface area contributed by atoms with Crippen LogP contribution in [0, 0.1) is 0 Å². The van der Waals surface area contributed by atoms with Crippen molar-refractivity contribution in [3.05, 3.63) is 162 Å². The number of benzene rings is 5. The third kappa shape index (κ3) is 3.32. The van der Waals surface area contributed by atoms with Crippen LogP contribution in [0.15, 0.2) is 140 Å². The lowest BCUT2D eigenvalue weighted by atomic mass is 9.85. The molecule has 1 aliphatic heterocycles. The van der Waals surface area contributed by atoms with Crippen LogP contribution >= 0.6 is 0 Å². The van der Waals surface area contributed by atoms with Gasteiger partial charge < -0.3 is 4.90 Å². The molecule has 3 aliphatic rings. The van der Waals surface area contributed by atoms with Crippen molar-refractivity contribution >= 4 is 16.9 Å². The molecule has 5 aromatic carbocycles. The molecule has 0 fully saturated rings. The van der Waals surface area contributed by atoms with Crippen molar-refractivity contribution in [2.45, 2.75) is 18.4 Å². The van der Waals surface area contributed by atoms with Crippen LogP contribution in [0.3, 0.4) is 0 Å². The smallest absolute Gasteiger partial charge is 0.0630 e. The molecule has 180 valence electrons. The molecule has 2 unspecified atom stereocenters. The summed E-state index contributed by atoms with van der Waals surface area (Å²) in [6, 6.07) is 44.7. The van der Waals surface area contributed by atoms with E-state index in [-0.39, 0.29) is 6.04 Å². The molecule has 38 heavy (non-hydrogen) atoms. The van der Waals surface area contributed by atoms with Gasteiger partial charge in [-0.3, -0.25) is 0 Å². The van der Waals surface area contributed by atoms with E-state index >= 15 is 0 Å². The number of hydrogen-bond acceptors (Lipinski definition) is 1. The monoisotopic (exact) mass is 485 g/mol. The Morgan fingerprint density at radius 1 is 0.579 bits per heavy atom. The molecule has 2 atom stereocenters. The van der Waals surface area contributed by atoms with Gasteiger partial charge in [-0.2, -0.15) is 0 Å². The lowest BCUT2D eigenvalue weighted by Crippen LogP contribution is -2.29. The first kappa shape index (κ1) is 21.5. The highest BCUT2D eigenvalue weighted by Gasteiger charge is 2.38. The van der Waals surface area contributed by atoms with E-state index in [0.29, 0.717) is 5.92 Å². The van der Waals surface area contributed by atoms with Crippen LogP contribution in [0.4, 0.5) is 11.4 Å². The molecule has 0 spiro atoms. The Balaban J connectivity index is 1.19. The van der Waals surface area contributed by atoms with E-state index in [1.807, 2.05) is 0 Å². The highest BCUT2D eigenvalue weighted by Crippen LogP contribution is 2.50. The van der Waals surface area contributed by atoms with Crippen LogP contribution in [0.25, 0.3) is 27.8 Å². The summed E-state index contributed by atoms with van der Waals surface area (Å²) in [5.74, 6) is 0.312. The molecule has 0 N–H and O–H groups in total. The molecule has 0 aromatic heterocycles. The normalized spacial score (nSPS) is 18.4. The maximum atomic E-state index is 2.52. The predicted octanol–water partition coefficient (Wildman–Crippen LogP) is 9.18. The first-order valence-electron chi connectivity index (χ1n) is 13.5. The van der Waals surface area contributed by atoms with E-state index < -0.39 is 0 Å². The van der Waals surface area contributed by atoms with Crippen molar-refractivity contribution in [2.75, 3.05) is 4.90 Å². The molecule has 0 bridgehead atoms. The fourth-order valence-electron chi connectivity index (χ4n) is 6.61. The number of anilines is 2. The second kappa shape index (κ2) is 8.46. The Kier molecular flexibility index (Phi) is 4.78. The fraction of sp³-hybridized carbons (Fsp3) is 0.0811. The van der Waals surface area contributed by atoms with Gasteiger partial charge in [0.15, 0.2) is 0 Å². The van der Waals surface area contributed by atoms with Crippen LogP contribution in [0.1, 0.15) is 28.2 Å². The summed E-state index contributed by atoms with van der Waals surface area (Å²) in [4.78, 5) is 2.52. The summed E-state index contributed by atoms with van der Waals surface area (Å²) in [6.45, 7) is 0. The predicted molar refractivity (Wildman–Crippen MR) is 159 cm³/mol. The molecule has 1 heteroatoms. The number of allylic oxidation sites excluding steroid dienone is 2. The Labute approximate surface area is 224 Å². The van der Waals surface area contributed by atoms with E-state index in [2.05, 4.69) is 144 Å². The van der Waals surface area contributed by atoms with Crippen LogP contribution < -0.4 is 4.90 Å². The van der Waals surface area contributed by atoms with Crippen molar-refractivity contribution in [3.8, 4) is 22.3 Å². The quantitative estimate of drug-likeness (QED) is 0.241. The van der Waals surface area contributed by atoms with Gasteiger partial charge >= 0.3 is 0 Å². The van der Waals surface area contributed by atoms with Crippen molar-refractivity contribution in [3.63, 3.8) is 0 Å². The van der Waals surface area contributed by atoms with Crippen LogP contribution in [-0.4, -0.2) is 6.04 Å². The number of fused-ring (bicyclic) bond motifs is 6. The lowest BCUT2D eigenvalue weighted by molar-refractivity contribution is 0.747. The molecular formula is C37H27N. The summed E-state index contributed by atoms with van der Waals surface area (Å²) in [7, 11) is 0. The Morgan fingerprint density at radius 2 is 1.37 bits per heavy atom.